The smallest absolute Gasteiger partial charge is 0.264 e. The van der Waals surface area contributed by atoms with Gasteiger partial charge in [0.15, 0.2) is 12.4 Å². The number of nitrogens with one attached hydrogen (secondary N) is 1. The van der Waals surface area contributed by atoms with E-state index in [4.69, 9.17) is 4.74 Å². The van der Waals surface area contributed by atoms with Crippen LogP contribution in [0.25, 0.3) is 0 Å². The number of hydrogen-bond acceptors (Lipinski definition) is 4. The molecule has 1 heterocycles. The van der Waals surface area contributed by atoms with Crippen molar-refractivity contribution in [2.24, 2.45) is 0 Å². The number of carbonyl (C=O) groups is 3. The largest absolute Gasteiger partial charge is 0.482 e. The molecule has 24 heavy (non-hydrogen) atoms. The van der Waals surface area contributed by atoms with Crippen LogP contribution in [0.3, 0.4) is 0 Å². The monoisotopic (exact) mass is 330 g/mol. The number of fused-ring (bicyclic) bond motifs is 1. The molecule has 0 atom stereocenters. The Balaban J connectivity index is 1.59. The first-order chi connectivity index (χ1) is 11.5. The molecule has 6 heteroatoms. The number of anilines is 1. The van der Waals surface area contributed by atoms with E-state index in [9.17, 15) is 14.4 Å². The van der Waals surface area contributed by atoms with Gasteiger partial charge < -0.3 is 15.0 Å². The van der Waals surface area contributed by atoms with Crippen molar-refractivity contribution >= 4 is 23.3 Å². The summed E-state index contributed by atoms with van der Waals surface area (Å²) in [4.78, 5) is 37.4. The van der Waals surface area contributed by atoms with Crippen molar-refractivity contribution in [2.45, 2.75) is 44.6 Å². The van der Waals surface area contributed by atoms with Crippen LogP contribution in [-0.4, -0.2) is 37.3 Å². The summed E-state index contributed by atoms with van der Waals surface area (Å²) in [6.45, 7) is 0.0120. The number of amides is 2. The van der Waals surface area contributed by atoms with E-state index in [2.05, 4.69) is 5.32 Å². The Morgan fingerprint density at radius 2 is 2.00 bits per heavy atom. The van der Waals surface area contributed by atoms with Crippen molar-refractivity contribution in [2.75, 3.05) is 18.6 Å². The quantitative estimate of drug-likeness (QED) is 0.839. The minimum atomic E-state index is -0.150. The average Bonchev–Trinajstić information content (AvgIpc) is 3.09. The molecular weight excluding hydrogens is 308 g/mol. The summed E-state index contributed by atoms with van der Waals surface area (Å²) in [5.74, 6) is 0.269. The number of ketones is 1. The van der Waals surface area contributed by atoms with Crippen LogP contribution in [-0.2, 0) is 9.59 Å². The number of hydrogen-bond donors (Lipinski definition) is 1. The zero-order valence-corrected chi connectivity index (χ0v) is 13.8. The SMILES string of the molecule is CN1C(=O)COc2ccc(C(=O)CCC(=O)NC3CCCC3)cc21. The van der Waals surface area contributed by atoms with E-state index in [1.54, 1.807) is 25.2 Å². The Kier molecular flexibility index (Phi) is 4.83. The maximum absolute atomic E-state index is 12.3. The first-order valence-corrected chi connectivity index (χ1v) is 8.40. The van der Waals surface area contributed by atoms with E-state index in [0.29, 0.717) is 17.0 Å². The van der Waals surface area contributed by atoms with Crippen molar-refractivity contribution in [1.82, 2.24) is 5.32 Å². The van der Waals surface area contributed by atoms with Crippen molar-refractivity contribution in [3.63, 3.8) is 0 Å². The van der Waals surface area contributed by atoms with Gasteiger partial charge in [0.25, 0.3) is 5.91 Å². The fourth-order valence-electron chi connectivity index (χ4n) is 3.19. The summed E-state index contributed by atoms with van der Waals surface area (Å²) in [5, 5.41) is 2.98. The van der Waals surface area contributed by atoms with Gasteiger partial charge >= 0.3 is 0 Å². The van der Waals surface area contributed by atoms with E-state index in [1.807, 2.05) is 0 Å². The normalized spacial score (nSPS) is 17.4. The summed E-state index contributed by atoms with van der Waals surface area (Å²) in [5.41, 5.74) is 1.08. The van der Waals surface area contributed by atoms with Crippen LogP contribution in [0, 0.1) is 0 Å². The second-order valence-corrected chi connectivity index (χ2v) is 6.40. The zero-order chi connectivity index (χ0) is 17.1. The van der Waals surface area contributed by atoms with Gasteiger partial charge in [0.1, 0.15) is 5.75 Å². The molecule has 0 saturated heterocycles. The second-order valence-electron chi connectivity index (χ2n) is 6.40. The number of carbonyl (C=O) groups excluding carboxylic acids is 3. The van der Waals surface area contributed by atoms with Gasteiger partial charge in [-0.15, -0.1) is 0 Å². The molecule has 3 rings (SSSR count). The Labute approximate surface area is 141 Å². The van der Waals surface area contributed by atoms with Gasteiger partial charge in [0.05, 0.1) is 5.69 Å². The minimum absolute atomic E-state index is 0.0120. The molecule has 0 spiro atoms. The summed E-state index contributed by atoms with van der Waals surface area (Å²) in [7, 11) is 1.66. The Bertz CT molecular complexity index is 665. The highest BCUT2D eigenvalue weighted by atomic mass is 16.5. The highest BCUT2D eigenvalue weighted by Gasteiger charge is 2.23. The van der Waals surface area contributed by atoms with Crippen LogP contribution >= 0.6 is 0 Å². The van der Waals surface area contributed by atoms with Gasteiger partial charge in [-0.05, 0) is 31.0 Å². The number of Topliss-reactive ketones (excluding diaryl/α,β-unsaturated/α-hetero) is 1. The predicted octanol–water partition coefficient (Wildman–Crippen LogP) is 2.06. The molecule has 2 aliphatic rings. The fraction of sp³-hybridized carbons (Fsp3) is 0.500. The molecule has 128 valence electrons. The number of rotatable bonds is 5. The van der Waals surface area contributed by atoms with Crippen molar-refractivity contribution in [3.8, 4) is 5.75 Å². The number of likely N-dealkylation sites (N-methyl/N-ethyl adjacent to an activating group) is 1. The predicted molar refractivity (Wildman–Crippen MR) is 89.3 cm³/mol. The molecule has 0 bridgehead atoms. The molecule has 0 unspecified atom stereocenters. The molecule has 1 aliphatic carbocycles. The Morgan fingerprint density at radius 1 is 1.25 bits per heavy atom. The summed E-state index contributed by atoms with van der Waals surface area (Å²) >= 11 is 0. The van der Waals surface area contributed by atoms with Gasteiger partial charge in [-0.3, -0.25) is 14.4 Å². The molecule has 1 saturated carbocycles. The number of ether oxygens (including phenoxy) is 1. The molecule has 1 N–H and O–H groups in total. The van der Waals surface area contributed by atoms with Gasteiger partial charge in [-0.25, -0.2) is 0 Å². The third-order valence-corrected chi connectivity index (χ3v) is 4.67. The third kappa shape index (κ3) is 3.58. The van der Waals surface area contributed by atoms with Crippen molar-refractivity contribution in [1.29, 1.82) is 0 Å². The van der Waals surface area contributed by atoms with Crippen molar-refractivity contribution < 1.29 is 19.1 Å². The average molecular weight is 330 g/mol. The topological polar surface area (TPSA) is 75.7 Å². The first kappa shape index (κ1) is 16.5. The fourth-order valence-corrected chi connectivity index (χ4v) is 3.19. The molecular formula is C18H22N2O4. The maximum atomic E-state index is 12.3. The highest BCUT2D eigenvalue weighted by molar-refractivity contribution is 6.02. The third-order valence-electron chi connectivity index (χ3n) is 4.67. The molecule has 0 aromatic heterocycles. The Morgan fingerprint density at radius 3 is 2.75 bits per heavy atom. The van der Waals surface area contributed by atoms with E-state index < -0.39 is 0 Å². The second kappa shape index (κ2) is 7.03. The van der Waals surface area contributed by atoms with Gasteiger partial charge in [0, 0.05) is 31.5 Å². The summed E-state index contributed by atoms with van der Waals surface area (Å²) < 4.78 is 5.35. The number of benzene rings is 1. The van der Waals surface area contributed by atoms with Crippen LogP contribution < -0.4 is 15.0 Å². The molecule has 0 radical (unpaired) electrons. The van der Waals surface area contributed by atoms with E-state index in [0.717, 1.165) is 25.7 Å². The van der Waals surface area contributed by atoms with Crippen molar-refractivity contribution in [3.05, 3.63) is 23.8 Å². The standard InChI is InChI=1S/C18H22N2O4/c1-20-14-10-12(6-8-16(14)24-11-18(20)23)15(21)7-9-17(22)19-13-4-2-3-5-13/h6,8,10,13H,2-5,7,9,11H2,1H3,(H,19,22). The lowest BCUT2D eigenvalue weighted by molar-refractivity contribution is -0.122. The van der Waals surface area contributed by atoms with Gasteiger partial charge in [-0.1, -0.05) is 12.8 Å². The van der Waals surface area contributed by atoms with Gasteiger partial charge in [0.2, 0.25) is 5.91 Å². The van der Waals surface area contributed by atoms with Crippen LogP contribution in [0.5, 0.6) is 5.75 Å². The highest BCUT2D eigenvalue weighted by Crippen LogP contribution is 2.32. The molecule has 1 aliphatic heterocycles. The van der Waals surface area contributed by atoms with Crippen LogP contribution in [0.1, 0.15) is 48.9 Å². The summed E-state index contributed by atoms with van der Waals surface area (Å²) in [6.07, 6.45) is 4.74. The lowest BCUT2D eigenvalue weighted by atomic mass is 10.0. The van der Waals surface area contributed by atoms with Crippen LogP contribution in [0.15, 0.2) is 18.2 Å². The first-order valence-electron chi connectivity index (χ1n) is 8.40. The molecule has 1 aromatic carbocycles. The number of nitrogens with zero attached hydrogens (tertiary/aromatic N) is 1. The lowest BCUT2D eigenvalue weighted by Gasteiger charge is -2.26. The lowest BCUT2D eigenvalue weighted by Crippen LogP contribution is -2.35. The molecule has 2 amide bonds. The van der Waals surface area contributed by atoms with Crippen LogP contribution in [0.4, 0.5) is 5.69 Å². The van der Waals surface area contributed by atoms with E-state index >= 15 is 0 Å². The van der Waals surface area contributed by atoms with Gasteiger partial charge in [-0.2, -0.15) is 0 Å². The Hall–Kier alpha value is -2.37. The zero-order valence-electron chi connectivity index (χ0n) is 13.8. The minimum Gasteiger partial charge on any atom is -0.482 e. The maximum Gasteiger partial charge on any atom is 0.264 e. The van der Waals surface area contributed by atoms with E-state index in [1.165, 1.54) is 4.90 Å². The molecule has 6 nitrogen and oxygen atoms in total. The summed E-state index contributed by atoms with van der Waals surface area (Å²) in [6, 6.07) is 5.31. The van der Waals surface area contributed by atoms with E-state index in [-0.39, 0.29) is 43.1 Å². The molecule has 1 fully saturated rings. The van der Waals surface area contributed by atoms with Crippen LogP contribution in [0.2, 0.25) is 0 Å². The molecule has 1 aromatic rings.